The number of alkyl halides is 2. The number of benzene rings is 1. The van der Waals surface area contributed by atoms with Crippen molar-refractivity contribution in [3.8, 4) is 11.1 Å². The van der Waals surface area contributed by atoms with E-state index in [1.165, 1.54) is 6.92 Å². The monoisotopic (exact) mass is 574 g/mol. The smallest absolute Gasteiger partial charge is 0.264 e. The number of anilines is 1. The highest BCUT2D eigenvalue weighted by molar-refractivity contribution is 7.91. The van der Waals surface area contributed by atoms with E-state index in [-0.39, 0.29) is 29.0 Å². The number of hydrogen-bond donors (Lipinski definition) is 1. The second-order valence-electron chi connectivity index (χ2n) is 10.8. The highest BCUT2D eigenvalue weighted by atomic mass is 32.2. The lowest BCUT2D eigenvalue weighted by molar-refractivity contribution is -0.128. The molecule has 0 unspecified atom stereocenters. The maximum atomic E-state index is 14.4. The fourth-order valence-corrected chi connectivity index (χ4v) is 7.45. The Morgan fingerprint density at radius 2 is 1.93 bits per heavy atom. The van der Waals surface area contributed by atoms with Crippen LogP contribution in [0.3, 0.4) is 0 Å². The number of amidine groups is 1. The number of hydrogen-bond acceptors (Lipinski definition) is 6. The van der Waals surface area contributed by atoms with Crippen LogP contribution >= 0.6 is 0 Å². The Hall–Kier alpha value is -3.28. The topological polar surface area (TPSA) is 99.9 Å². The number of sulfone groups is 1. The normalized spacial score (nSPS) is 20.2. The van der Waals surface area contributed by atoms with E-state index in [1.807, 2.05) is 11.0 Å². The van der Waals surface area contributed by atoms with Crippen LogP contribution in [-0.4, -0.2) is 79.1 Å². The third-order valence-electron chi connectivity index (χ3n) is 8.08. The van der Waals surface area contributed by atoms with Gasteiger partial charge in [0.1, 0.15) is 15.7 Å². The quantitative estimate of drug-likeness (QED) is 0.434. The van der Waals surface area contributed by atoms with Crippen LogP contribution < -0.4 is 10.2 Å². The summed E-state index contributed by atoms with van der Waals surface area (Å²) < 4.78 is 54.3. The molecule has 3 aliphatic heterocycles. The minimum absolute atomic E-state index is 0.0108. The highest BCUT2D eigenvalue weighted by Gasteiger charge is 2.33. The Labute approximate surface area is 233 Å². The zero-order chi connectivity index (χ0) is 28.6. The predicted octanol–water partition coefficient (Wildman–Crippen LogP) is 3.48. The molecule has 0 radical (unpaired) electrons. The SMILES string of the molecule is CN=C(C1=C(NC2CCS(=O)(=O)CC2)CCN(C(C)=O)C1)N1CCCc2cc(-c3cnn(C)c3)c(C(F)F)cc21. The van der Waals surface area contributed by atoms with Crippen LogP contribution in [0.2, 0.25) is 0 Å². The molecule has 12 heteroatoms. The zero-order valence-electron chi connectivity index (χ0n) is 23.2. The van der Waals surface area contributed by atoms with Gasteiger partial charge in [0.15, 0.2) is 0 Å². The van der Waals surface area contributed by atoms with E-state index in [0.29, 0.717) is 61.5 Å². The van der Waals surface area contributed by atoms with Crippen molar-refractivity contribution < 1.29 is 22.0 Å². The van der Waals surface area contributed by atoms with Crippen molar-refractivity contribution in [2.45, 2.75) is 51.5 Å². The molecule has 2 aromatic rings. The van der Waals surface area contributed by atoms with E-state index in [1.54, 1.807) is 42.1 Å². The van der Waals surface area contributed by atoms with Gasteiger partial charge in [-0.2, -0.15) is 5.10 Å². The molecule has 0 aliphatic carbocycles. The molecule has 5 rings (SSSR count). The van der Waals surface area contributed by atoms with Crippen molar-refractivity contribution >= 4 is 27.3 Å². The molecule has 9 nitrogen and oxygen atoms in total. The molecule has 1 fully saturated rings. The average Bonchev–Trinajstić information content (AvgIpc) is 3.36. The van der Waals surface area contributed by atoms with Gasteiger partial charge in [0.25, 0.3) is 6.43 Å². The number of amides is 1. The second-order valence-corrected chi connectivity index (χ2v) is 13.1. The van der Waals surface area contributed by atoms with E-state index >= 15 is 0 Å². The summed E-state index contributed by atoms with van der Waals surface area (Å²) in [4.78, 5) is 20.8. The van der Waals surface area contributed by atoms with Gasteiger partial charge in [-0.25, -0.2) is 17.2 Å². The van der Waals surface area contributed by atoms with E-state index in [9.17, 15) is 22.0 Å². The summed E-state index contributed by atoms with van der Waals surface area (Å²) in [5.41, 5.74) is 4.52. The Morgan fingerprint density at radius 3 is 2.55 bits per heavy atom. The first-order valence-corrected chi connectivity index (χ1v) is 15.5. The Bertz CT molecular complexity index is 1450. The van der Waals surface area contributed by atoms with Crippen LogP contribution in [0.4, 0.5) is 14.5 Å². The summed E-state index contributed by atoms with van der Waals surface area (Å²) in [5.74, 6) is 0.899. The van der Waals surface area contributed by atoms with Gasteiger partial charge in [-0.05, 0) is 48.9 Å². The van der Waals surface area contributed by atoms with E-state index in [0.717, 1.165) is 29.7 Å². The molecule has 0 bridgehead atoms. The Balaban J connectivity index is 1.54. The molecule has 1 saturated heterocycles. The molecule has 1 aromatic heterocycles. The van der Waals surface area contributed by atoms with E-state index in [2.05, 4.69) is 15.4 Å². The number of aryl methyl sites for hydroxylation is 2. The molecule has 1 N–H and O–H groups in total. The first-order valence-electron chi connectivity index (χ1n) is 13.7. The standard InChI is InChI=1S/C28H36F2N6O3S/c1-18(37)35-10-6-25(33-21-7-11-40(38,39)12-8-21)24(17-35)28(31-2)36-9-4-5-19-13-22(20-15-32-34(3)16-20)23(27(29)30)14-26(19)36/h13-16,21,27,33H,4-12,17H2,1-3H3. The average molecular weight is 575 g/mol. The molecular formula is C28H36F2N6O3S. The van der Waals surface area contributed by atoms with Crippen LogP contribution in [-0.2, 0) is 28.1 Å². The number of carbonyl (C=O) groups is 1. The van der Waals surface area contributed by atoms with Gasteiger partial charge in [0.05, 0.1) is 24.2 Å². The van der Waals surface area contributed by atoms with Gasteiger partial charge in [0, 0.05) is 80.9 Å². The van der Waals surface area contributed by atoms with Crippen molar-refractivity contribution in [3.63, 3.8) is 0 Å². The molecule has 0 atom stereocenters. The van der Waals surface area contributed by atoms with Crippen LogP contribution in [0.15, 0.2) is 40.8 Å². The molecule has 40 heavy (non-hydrogen) atoms. The lowest BCUT2D eigenvalue weighted by Gasteiger charge is -2.39. The highest BCUT2D eigenvalue weighted by Crippen LogP contribution is 2.40. The first-order chi connectivity index (χ1) is 19.1. The number of rotatable bonds is 5. The van der Waals surface area contributed by atoms with Crippen molar-refractivity contribution in [1.29, 1.82) is 0 Å². The molecule has 1 aromatic carbocycles. The molecule has 0 spiro atoms. The number of nitrogens with one attached hydrogen (secondary N) is 1. The molecule has 0 saturated carbocycles. The van der Waals surface area contributed by atoms with Gasteiger partial charge in [0.2, 0.25) is 5.91 Å². The fraction of sp³-hybridized carbons (Fsp3) is 0.536. The summed E-state index contributed by atoms with van der Waals surface area (Å²) in [6.45, 7) is 3.03. The molecular weight excluding hydrogens is 538 g/mol. The minimum atomic E-state index is -3.00. The van der Waals surface area contributed by atoms with Crippen LogP contribution in [0.25, 0.3) is 11.1 Å². The summed E-state index contributed by atoms with van der Waals surface area (Å²) in [6.07, 6.45) is 3.87. The summed E-state index contributed by atoms with van der Waals surface area (Å²) >= 11 is 0. The molecule has 1 amide bonds. The third-order valence-corrected chi connectivity index (χ3v) is 9.80. The predicted molar refractivity (Wildman–Crippen MR) is 151 cm³/mol. The van der Waals surface area contributed by atoms with Crippen molar-refractivity contribution in [1.82, 2.24) is 20.0 Å². The maximum Gasteiger partial charge on any atom is 0.264 e. The number of aromatic nitrogens is 2. The number of carbonyl (C=O) groups excluding carboxylic acids is 1. The largest absolute Gasteiger partial charge is 0.385 e. The zero-order valence-corrected chi connectivity index (χ0v) is 24.0. The Kier molecular flexibility index (Phi) is 7.98. The van der Waals surface area contributed by atoms with Crippen molar-refractivity contribution in [2.75, 3.05) is 43.1 Å². The fourth-order valence-electron chi connectivity index (χ4n) is 5.96. The van der Waals surface area contributed by atoms with Crippen LogP contribution in [0, 0.1) is 0 Å². The van der Waals surface area contributed by atoms with Crippen LogP contribution in [0.5, 0.6) is 0 Å². The molecule has 4 heterocycles. The number of aliphatic imine (C=N–C) groups is 1. The lowest BCUT2D eigenvalue weighted by Crippen LogP contribution is -2.47. The van der Waals surface area contributed by atoms with Gasteiger partial charge >= 0.3 is 0 Å². The lowest BCUT2D eigenvalue weighted by atomic mass is 9.92. The first kappa shape index (κ1) is 28.3. The molecule has 216 valence electrons. The number of halogens is 2. The van der Waals surface area contributed by atoms with Crippen molar-refractivity contribution in [3.05, 3.63) is 46.9 Å². The van der Waals surface area contributed by atoms with Gasteiger partial charge in [-0.3, -0.25) is 14.5 Å². The van der Waals surface area contributed by atoms with Gasteiger partial charge < -0.3 is 15.1 Å². The van der Waals surface area contributed by atoms with E-state index < -0.39 is 16.3 Å². The second kappa shape index (κ2) is 11.3. The molecule has 3 aliphatic rings. The van der Waals surface area contributed by atoms with E-state index in [4.69, 9.17) is 0 Å². The number of nitrogens with zero attached hydrogens (tertiary/aromatic N) is 5. The summed E-state index contributed by atoms with van der Waals surface area (Å²) in [7, 11) is 0.444. The number of fused-ring (bicyclic) bond motifs is 1. The summed E-state index contributed by atoms with van der Waals surface area (Å²) in [6, 6.07) is 3.45. The summed E-state index contributed by atoms with van der Waals surface area (Å²) in [5, 5.41) is 7.76. The Morgan fingerprint density at radius 1 is 1.18 bits per heavy atom. The van der Waals surface area contributed by atoms with Gasteiger partial charge in [-0.1, -0.05) is 0 Å². The minimum Gasteiger partial charge on any atom is -0.385 e. The maximum absolute atomic E-state index is 14.4. The van der Waals surface area contributed by atoms with Gasteiger partial charge in [-0.15, -0.1) is 0 Å². The third kappa shape index (κ3) is 5.77. The van der Waals surface area contributed by atoms with Crippen LogP contribution in [0.1, 0.15) is 50.2 Å². The van der Waals surface area contributed by atoms with Crippen molar-refractivity contribution in [2.24, 2.45) is 12.0 Å².